The van der Waals surface area contributed by atoms with Gasteiger partial charge in [0.2, 0.25) is 0 Å². The quantitative estimate of drug-likeness (QED) is 0.336. The molecule has 1 fully saturated rings. The molecule has 0 radical (unpaired) electrons. The zero-order valence-corrected chi connectivity index (χ0v) is 20.4. The van der Waals surface area contributed by atoms with Gasteiger partial charge in [-0.2, -0.15) is 0 Å². The van der Waals surface area contributed by atoms with Gasteiger partial charge in [0.05, 0.1) is 5.54 Å². The molecule has 7 heteroatoms. The topological polar surface area (TPSA) is 89.9 Å². The maximum absolute atomic E-state index is 13.1. The molecule has 4 rings (SSSR count). The maximum atomic E-state index is 13.1. The van der Waals surface area contributed by atoms with Crippen molar-refractivity contribution in [1.82, 2.24) is 10.3 Å². The van der Waals surface area contributed by atoms with E-state index in [9.17, 15) is 4.79 Å². The highest BCUT2D eigenvalue weighted by Gasteiger charge is 2.46. The van der Waals surface area contributed by atoms with Crippen LogP contribution >= 0.6 is 11.3 Å². The number of rotatable bonds is 8. The summed E-state index contributed by atoms with van der Waals surface area (Å²) in [7, 11) is 0. The molecule has 1 aliphatic carbocycles. The summed E-state index contributed by atoms with van der Waals surface area (Å²) in [5, 5.41) is 19.2. The van der Waals surface area contributed by atoms with E-state index in [0.717, 1.165) is 24.0 Å². The fourth-order valence-corrected chi connectivity index (χ4v) is 4.50. The number of anilines is 2. The Hall–Kier alpha value is -3.19. The van der Waals surface area contributed by atoms with E-state index in [2.05, 4.69) is 52.1 Å². The van der Waals surface area contributed by atoms with Crippen LogP contribution in [0.1, 0.15) is 55.2 Å². The molecule has 33 heavy (non-hydrogen) atoms. The lowest BCUT2D eigenvalue weighted by atomic mass is 10.0. The molecule has 0 bridgehead atoms. The van der Waals surface area contributed by atoms with Gasteiger partial charge in [-0.1, -0.05) is 71.5 Å². The van der Waals surface area contributed by atoms with Crippen molar-refractivity contribution in [3.05, 3.63) is 76.2 Å². The number of thiazole rings is 1. The fraction of sp³-hybridized carbons (Fsp3) is 0.346. The lowest BCUT2D eigenvalue weighted by Gasteiger charge is -2.22. The zero-order chi connectivity index (χ0) is 23.6. The standard InChI is InChI=1S/C26H31N5OS/c1-17-10-12-18(13-11-17)16-28-24-29-22(30-25(2,3)4)21(33-24)20(27)23(32)31-26(14-15-26)19-8-6-5-7-9-19/h5-13,27,30H,14-16H2,1-4H3,(H,28,29)(H,31,32). The minimum Gasteiger partial charge on any atom is -0.364 e. The van der Waals surface area contributed by atoms with Crippen LogP contribution in [0.5, 0.6) is 0 Å². The lowest BCUT2D eigenvalue weighted by molar-refractivity contribution is -0.115. The van der Waals surface area contributed by atoms with Gasteiger partial charge in [0.25, 0.3) is 5.91 Å². The monoisotopic (exact) mass is 461 g/mol. The van der Waals surface area contributed by atoms with Crippen molar-refractivity contribution in [3.63, 3.8) is 0 Å². The minimum atomic E-state index is -0.373. The molecule has 1 heterocycles. The Morgan fingerprint density at radius 3 is 2.36 bits per heavy atom. The van der Waals surface area contributed by atoms with E-state index >= 15 is 0 Å². The van der Waals surface area contributed by atoms with Crippen LogP contribution in [0.3, 0.4) is 0 Å². The highest BCUT2D eigenvalue weighted by Crippen LogP contribution is 2.45. The van der Waals surface area contributed by atoms with Gasteiger partial charge in [-0.05, 0) is 51.7 Å². The van der Waals surface area contributed by atoms with Crippen molar-refractivity contribution in [2.24, 2.45) is 0 Å². The molecule has 0 spiro atoms. The van der Waals surface area contributed by atoms with Gasteiger partial charge in [0.1, 0.15) is 16.4 Å². The third-order valence-corrected chi connectivity index (χ3v) is 6.60. The summed E-state index contributed by atoms with van der Waals surface area (Å²) < 4.78 is 0. The summed E-state index contributed by atoms with van der Waals surface area (Å²) in [5.41, 5.74) is 2.77. The first-order valence-electron chi connectivity index (χ1n) is 11.2. The second-order valence-corrected chi connectivity index (χ2v) is 10.7. The maximum Gasteiger partial charge on any atom is 0.271 e. The Morgan fingerprint density at radius 1 is 1.09 bits per heavy atom. The molecule has 6 nitrogen and oxygen atoms in total. The van der Waals surface area contributed by atoms with Crippen molar-refractivity contribution in [3.8, 4) is 0 Å². The molecular formula is C26H31N5OS. The summed E-state index contributed by atoms with van der Waals surface area (Å²) >= 11 is 1.33. The van der Waals surface area contributed by atoms with Gasteiger partial charge < -0.3 is 16.0 Å². The largest absolute Gasteiger partial charge is 0.364 e. The SMILES string of the molecule is Cc1ccc(CNc2nc(NC(C)(C)C)c(C(=N)C(=O)NC3(c4ccccc4)CC3)s2)cc1. The van der Waals surface area contributed by atoms with E-state index in [1.165, 1.54) is 16.9 Å². The summed E-state index contributed by atoms with van der Waals surface area (Å²) in [4.78, 5) is 18.3. The summed E-state index contributed by atoms with van der Waals surface area (Å²) in [6.45, 7) is 8.79. The minimum absolute atomic E-state index is 0.0650. The van der Waals surface area contributed by atoms with Crippen LogP contribution < -0.4 is 16.0 Å². The van der Waals surface area contributed by atoms with Gasteiger partial charge in [-0.15, -0.1) is 0 Å². The van der Waals surface area contributed by atoms with Crippen LogP contribution in [0.4, 0.5) is 10.9 Å². The highest BCUT2D eigenvalue weighted by atomic mass is 32.1. The molecule has 0 saturated heterocycles. The van der Waals surface area contributed by atoms with E-state index in [1.54, 1.807) is 0 Å². The molecule has 1 amide bonds. The average Bonchev–Trinajstić information content (AvgIpc) is 3.45. The first kappa shape index (κ1) is 23.0. The molecule has 0 atom stereocenters. The number of nitrogens with one attached hydrogen (secondary N) is 4. The molecule has 1 aromatic heterocycles. The van der Waals surface area contributed by atoms with Crippen LogP contribution in [0.25, 0.3) is 0 Å². The number of aromatic nitrogens is 1. The summed E-state index contributed by atoms with van der Waals surface area (Å²) in [5.74, 6) is 0.186. The number of carbonyl (C=O) groups is 1. The van der Waals surface area contributed by atoms with E-state index in [0.29, 0.717) is 22.4 Å². The van der Waals surface area contributed by atoms with E-state index in [-0.39, 0.29) is 22.7 Å². The van der Waals surface area contributed by atoms with Crippen molar-refractivity contribution in [2.45, 2.75) is 58.2 Å². The molecule has 1 saturated carbocycles. The molecule has 0 aliphatic heterocycles. The number of aryl methyl sites for hydroxylation is 1. The number of hydrogen-bond acceptors (Lipinski definition) is 6. The van der Waals surface area contributed by atoms with E-state index in [4.69, 9.17) is 5.41 Å². The summed E-state index contributed by atoms with van der Waals surface area (Å²) in [6, 6.07) is 18.3. The summed E-state index contributed by atoms with van der Waals surface area (Å²) in [6.07, 6.45) is 1.77. The molecular weight excluding hydrogens is 430 g/mol. The number of hydrogen-bond donors (Lipinski definition) is 4. The fourth-order valence-electron chi connectivity index (χ4n) is 3.64. The Balaban J connectivity index is 1.52. The first-order valence-corrected chi connectivity index (χ1v) is 12.0. The third kappa shape index (κ3) is 5.60. The van der Waals surface area contributed by atoms with Crippen molar-refractivity contribution in [1.29, 1.82) is 5.41 Å². The third-order valence-electron chi connectivity index (χ3n) is 5.57. The second-order valence-electron chi connectivity index (χ2n) is 9.69. The van der Waals surface area contributed by atoms with Crippen LogP contribution in [0, 0.1) is 12.3 Å². The Labute approximate surface area is 199 Å². The van der Waals surface area contributed by atoms with Crippen LogP contribution in [-0.2, 0) is 16.9 Å². The Bertz CT molecular complexity index is 1140. The molecule has 3 aromatic rings. The van der Waals surface area contributed by atoms with E-state index < -0.39 is 0 Å². The van der Waals surface area contributed by atoms with Crippen molar-refractivity contribution >= 4 is 33.9 Å². The highest BCUT2D eigenvalue weighted by molar-refractivity contribution is 7.18. The Kier molecular flexibility index (Phi) is 6.26. The average molecular weight is 462 g/mol. The number of nitrogens with zero attached hydrogens (tertiary/aromatic N) is 1. The van der Waals surface area contributed by atoms with Crippen molar-refractivity contribution < 1.29 is 4.79 Å². The second kappa shape index (κ2) is 8.98. The van der Waals surface area contributed by atoms with Gasteiger partial charge >= 0.3 is 0 Å². The van der Waals surface area contributed by atoms with Crippen LogP contribution in [0.15, 0.2) is 54.6 Å². The van der Waals surface area contributed by atoms with E-state index in [1.807, 2.05) is 51.1 Å². The first-order chi connectivity index (χ1) is 15.7. The smallest absolute Gasteiger partial charge is 0.271 e. The number of amides is 1. The number of benzene rings is 2. The molecule has 0 unspecified atom stereocenters. The van der Waals surface area contributed by atoms with Crippen LogP contribution in [-0.4, -0.2) is 22.1 Å². The predicted molar refractivity (Wildman–Crippen MR) is 136 cm³/mol. The predicted octanol–water partition coefficient (Wildman–Crippen LogP) is 5.45. The zero-order valence-electron chi connectivity index (χ0n) is 19.6. The number of carbonyl (C=O) groups excluding carboxylic acids is 1. The molecule has 1 aliphatic rings. The Morgan fingerprint density at radius 2 is 1.76 bits per heavy atom. The van der Waals surface area contributed by atoms with Gasteiger partial charge in [0.15, 0.2) is 5.13 Å². The van der Waals surface area contributed by atoms with Gasteiger partial charge in [-0.25, -0.2) is 4.98 Å². The van der Waals surface area contributed by atoms with Gasteiger partial charge in [-0.3, -0.25) is 10.2 Å². The molecule has 4 N–H and O–H groups in total. The molecule has 172 valence electrons. The molecule has 2 aromatic carbocycles. The van der Waals surface area contributed by atoms with Gasteiger partial charge in [0, 0.05) is 12.1 Å². The lowest BCUT2D eigenvalue weighted by Crippen LogP contribution is -2.39. The van der Waals surface area contributed by atoms with Crippen molar-refractivity contribution in [2.75, 3.05) is 10.6 Å². The van der Waals surface area contributed by atoms with Crippen LogP contribution in [0.2, 0.25) is 0 Å². The normalized spacial score (nSPS) is 14.4.